The number of hydrogen-bond donors (Lipinski definition) is 0. The van der Waals surface area contributed by atoms with Crippen LogP contribution in [0.2, 0.25) is 0 Å². The summed E-state index contributed by atoms with van der Waals surface area (Å²) in [4.78, 5) is 33.2. The van der Waals surface area contributed by atoms with Crippen molar-refractivity contribution in [3.8, 4) is 0 Å². The van der Waals surface area contributed by atoms with E-state index >= 15 is 0 Å². The van der Waals surface area contributed by atoms with Gasteiger partial charge in [-0.1, -0.05) is 11.8 Å². The van der Waals surface area contributed by atoms with Crippen molar-refractivity contribution in [3.63, 3.8) is 0 Å². The molecular formula is C21H25FN4O2S. The molecule has 0 saturated carbocycles. The topological polar surface area (TPSA) is 58.4 Å². The predicted octanol–water partition coefficient (Wildman–Crippen LogP) is 2.94. The maximum absolute atomic E-state index is 13.1. The summed E-state index contributed by atoms with van der Waals surface area (Å²) in [6, 6.07) is 5.85. The Morgan fingerprint density at radius 3 is 2.62 bits per heavy atom. The minimum Gasteiger partial charge on any atom is -0.342 e. The van der Waals surface area contributed by atoms with Gasteiger partial charge in [0, 0.05) is 56.9 Å². The number of aryl methyl sites for hydroxylation is 1. The van der Waals surface area contributed by atoms with E-state index in [0.29, 0.717) is 18.2 Å². The van der Waals surface area contributed by atoms with Gasteiger partial charge < -0.3 is 14.4 Å². The van der Waals surface area contributed by atoms with Gasteiger partial charge in [-0.25, -0.2) is 9.37 Å². The van der Waals surface area contributed by atoms with Crippen LogP contribution in [0.15, 0.2) is 41.8 Å². The molecule has 0 spiro atoms. The summed E-state index contributed by atoms with van der Waals surface area (Å²) in [5.74, 6) is 0.923. The number of carbonyl (C=O) groups is 2. The number of amides is 2. The van der Waals surface area contributed by atoms with Crippen molar-refractivity contribution in [1.82, 2.24) is 14.5 Å². The number of thioether (sulfide) groups is 1. The molecule has 0 N–H and O–H groups in total. The van der Waals surface area contributed by atoms with Crippen molar-refractivity contribution in [2.24, 2.45) is 18.9 Å². The molecular weight excluding hydrogens is 391 g/mol. The Balaban J connectivity index is 1.28. The second-order valence-corrected chi connectivity index (χ2v) is 8.77. The maximum atomic E-state index is 13.1. The normalized spacial score (nSPS) is 20.5. The Morgan fingerprint density at radius 1 is 1.24 bits per heavy atom. The standard InChI is InChI=1S/C21H25FN4O2S/c1-24-11-8-23-21(24)29-14-15-6-9-25(10-7-15)20(28)16-12-19(27)26(13-16)18-4-2-17(22)3-5-18/h2-5,8,11,15-16H,6-7,9-10,12-14H2,1H3/t16-/m0/s1. The number of anilines is 1. The quantitative estimate of drug-likeness (QED) is 0.704. The third kappa shape index (κ3) is 4.47. The summed E-state index contributed by atoms with van der Waals surface area (Å²) in [6.07, 6.45) is 5.94. The second-order valence-electron chi connectivity index (χ2n) is 7.78. The predicted molar refractivity (Wildman–Crippen MR) is 110 cm³/mol. The van der Waals surface area contributed by atoms with Crippen molar-refractivity contribution in [2.75, 3.05) is 30.3 Å². The van der Waals surface area contributed by atoms with E-state index in [0.717, 1.165) is 36.8 Å². The van der Waals surface area contributed by atoms with Crippen LogP contribution in [0.4, 0.5) is 10.1 Å². The van der Waals surface area contributed by atoms with E-state index < -0.39 is 0 Å². The Kier molecular flexibility index (Phi) is 5.89. The van der Waals surface area contributed by atoms with Crippen LogP contribution in [0, 0.1) is 17.7 Å². The van der Waals surface area contributed by atoms with Gasteiger partial charge in [-0.15, -0.1) is 0 Å². The highest BCUT2D eigenvalue weighted by Gasteiger charge is 2.38. The Labute approximate surface area is 174 Å². The molecule has 4 rings (SSSR count). The van der Waals surface area contributed by atoms with Crippen molar-refractivity contribution in [2.45, 2.75) is 24.4 Å². The van der Waals surface area contributed by atoms with Crippen molar-refractivity contribution in [3.05, 3.63) is 42.5 Å². The molecule has 2 saturated heterocycles. The number of carbonyl (C=O) groups excluding carboxylic acids is 2. The van der Waals surface area contributed by atoms with Gasteiger partial charge in [0.2, 0.25) is 11.8 Å². The average Bonchev–Trinajstić information content (AvgIpc) is 3.32. The number of halogens is 1. The van der Waals surface area contributed by atoms with Crippen LogP contribution in [0.1, 0.15) is 19.3 Å². The summed E-state index contributed by atoms with van der Waals surface area (Å²) >= 11 is 1.76. The Morgan fingerprint density at radius 2 is 1.97 bits per heavy atom. The number of imidazole rings is 1. The van der Waals surface area contributed by atoms with E-state index in [1.165, 1.54) is 12.1 Å². The Bertz CT molecular complexity index is 877. The van der Waals surface area contributed by atoms with Crippen molar-refractivity contribution < 1.29 is 14.0 Å². The van der Waals surface area contributed by atoms with Crippen molar-refractivity contribution in [1.29, 1.82) is 0 Å². The van der Waals surface area contributed by atoms with Gasteiger partial charge in [-0.3, -0.25) is 9.59 Å². The van der Waals surface area contributed by atoms with Crippen LogP contribution in [0.25, 0.3) is 0 Å². The van der Waals surface area contributed by atoms with Gasteiger partial charge in [0.05, 0.1) is 5.92 Å². The molecule has 2 fully saturated rings. The highest BCUT2D eigenvalue weighted by molar-refractivity contribution is 7.99. The van der Waals surface area contributed by atoms with E-state index in [2.05, 4.69) is 4.98 Å². The summed E-state index contributed by atoms with van der Waals surface area (Å²) in [5, 5.41) is 1.02. The summed E-state index contributed by atoms with van der Waals surface area (Å²) in [6.45, 7) is 1.86. The molecule has 2 aliphatic heterocycles. The molecule has 0 bridgehead atoms. The molecule has 6 nitrogen and oxygen atoms in total. The maximum Gasteiger partial charge on any atom is 0.228 e. The molecule has 1 aromatic carbocycles. The lowest BCUT2D eigenvalue weighted by atomic mass is 9.97. The molecule has 29 heavy (non-hydrogen) atoms. The zero-order chi connectivity index (χ0) is 20.4. The first-order chi connectivity index (χ1) is 14.0. The first-order valence-electron chi connectivity index (χ1n) is 9.96. The van der Waals surface area contributed by atoms with E-state index in [1.54, 1.807) is 28.8 Å². The highest BCUT2D eigenvalue weighted by Crippen LogP contribution is 2.29. The van der Waals surface area contributed by atoms with E-state index in [4.69, 9.17) is 0 Å². The van der Waals surface area contributed by atoms with Crippen LogP contribution < -0.4 is 4.90 Å². The molecule has 2 amide bonds. The van der Waals surface area contributed by atoms with Gasteiger partial charge in [0.25, 0.3) is 0 Å². The number of likely N-dealkylation sites (tertiary alicyclic amines) is 1. The summed E-state index contributed by atoms with van der Waals surface area (Å²) < 4.78 is 15.2. The lowest BCUT2D eigenvalue weighted by Crippen LogP contribution is -2.42. The van der Waals surface area contributed by atoms with Crippen LogP contribution >= 0.6 is 11.8 Å². The molecule has 2 aromatic rings. The van der Waals surface area contributed by atoms with Gasteiger partial charge in [-0.2, -0.15) is 0 Å². The minimum atomic E-state index is -0.336. The molecule has 1 aromatic heterocycles. The molecule has 3 heterocycles. The van der Waals surface area contributed by atoms with E-state index in [1.807, 2.05) is 28.9 Å². The highest BCUT2D eigenvalue weighted by atomic mass is 32.2. The number of benzene rings is 1. The number of aromatic nitrogens is 2. The average molecular weight is 417 g/mol. The van der Waals surface area contributed by atoms with Crippen LogP contribution in [0.3, 0.4) is 0 Å². The first kappa shape index (κ1) is 19.9. The summed E-state index contributed by atoms with van der Waals surface area (Å²) in [5.41, 5.74) is 0.650. The van der Waals surface area contributed by atoms with E-state index in [-0.39, 0.29) is 30.0 Å². The monoisotopic (exact) mass is 416 g/mol. The third-order valence-electron chi connectivity index (χ3n) is 5.76. The van der Waals surface area contributed by atoms with Gasteiger partial charge in [0.15, 0.2) is 5.16 Å². The Hall–Kier alpha value is -2.35. The number of piperidine rings is 1. The van der Waals surface area contributed by atoms with Crippen LogP contribution in [0.5, 0.6) is 0 Å². The second kappa shape index (κ2) is 8.57. The third-order valence-corrected chi connectivity index (χ3v) is 7.05. The molecule has 0 unspecified atom stereocenters. The smallest absolute Gasteiger partial charge is 0.228 e. The summed E-state index contributed by atoms with van der Waals surface area (Å²) in [7, 11) is 1.99. The van der Waals surface area contributed by atoms with Gasteiger partial charge in [0.1, 0.15) is 5.82 Å². The number of nitrogens with zero attached hydrogens (tertiary/aromatic N) is 4. The first-order valence-corrected chi connectivity index (χ1v) is 10.9. The zero-order valence-corrected chi connectivity index (χ0v) is 17.3. The van der Waals surface area contributed by atoms with Gasteiger partial charge >= 0.3 is 0 Å². The number of hydrogen-bond acceptors (Lipinski definition) is 4. The molecule has 8 heteroatoms. The van der Waals surface area contributed by atoms with E-state index in [9.17, 15) is 14.0 Å². The van der Waals surface area contributed by atoms with Gasteiger partial charge in [-0.05, 0) is 43.0 Å². The fourth-order valence-corrected chi connectivity index (χ4v) is 5.12. The fraction of sp³-hybridized carbons (Fsp3) is 0.476. The minimum absolute atomic E-state index is 0.0677. The lowest BCUT2D eigenvalue weighted by Gasteiger charge is -2.33. The molecule has 2 aliphatic rings. The van der Waals surface area contributed by atoms with Crippen LogP contribution in [-0.2, 0) is 16.6 Å². The lowest BCUT2D eigenvalue weighted by molar-refractivity contribution is -0.137. The van der Waals surface area contributed by atoms with Crippen LogP contribution in [-0.4, -0.2) is 51.7 Å². The fourth-order valence-electron chi connectivity index (χ4n) is 4.01. The molecule has 154 valence electrons. The largest absolute Gasteiger partial charge is 0.342 e. The number of rotatable bonds is 5. The molecule has 0 radical (unpaired) electrons. The zero-order valence-electron chi connectivity index (χ0n) is 16.5. The molecule has 0 aliphatic carbocycles. The molecule has 1 atom stereocenters. The SMILES string of the molecule is Cn1ccnc1SCC1CCN(C(=O)[C@H]2CC(=O)N(c3ccc(F)cc3)C2)CC1. The van der Waals surface area contributed by atoms with Crippen molar-refractivity contribution >= 4 is 29.3 Å².